The first-order valence-electron chi connectivity index (χ1n) is 5.65. The molecule has 0 unspecified atom stereocenters. The van der Waals surface area contributed by atoms with Crippen molar-refractivity contribution in [3.05, 3.63) is 29.6 Å². The molecule has 0 N–H and O–H groups in total. The van der Waals surface area contributed by atoms with Crippen molar-refractivity contribution in [1.82, 2.24) is 4.98 Å². The first kappa shape index (κ1) is 15.5. The quantitative estimate of drug-likeness (QED) is 0.795. The van der Waals surface area contributed by atoms with Gasteiger partial charge in [-0.1, -0.05) is 12.0 Å². The molecular weight excluding hydrogens is 267 g/mol. The van der Waals surface area contributed by atoms with Gasteiger partial charge in [-0.3, -0.25) is 0 Å². The molecule has 1 aromatic rings. The number of nitriles is 2. The number of halogens is 3. The smallest absolute Gasteiger partial charge is 0.248 e. The summed E-state index contributed by atoms with van der Waals surface area (Å²) in [6.45, 7) is 0. The Labute approximate surface area is 114 Å². The summed E-state index contributed by atoms with van der Waals surface area (Å²) in [5.74, 6) is 2.30. The van der Waals surface area contributed by atoms with Gasteiger partial charge in [-0.2, -0.15) is 23.7 Å². The lowest BCUT2D eigenvalue weighted by Gasteiger charge is -2.19. The highest BCUT2D eigenvalue weighted by atomic mass is 19.4. The van der Waals surface area contributed by atoms with E-state index < -0.39 is 24.4 Å². The molecule has 0 aromatic carbocycles. The van der Waals surface area contributed by atoms with Crippen LogP contribution in [0.25, 0.3) is 0 Å². The summed E-state index contributed by atoms with van der Waals surface area (Å²) in [6.07, 6.45) is 0.239. The predicted molar refractivity (Wildman–Crippen MR) is 64.8 cm³/mol. The number of hydrogen-bond acceptors (Lipinski definition) is 3. The molecule has 20 heavy (non-hydrogen) atoms. The van der Waals surface area contributed by atoms with Gasteiger partial charge in [0.15, 0.2) is 0 Å². The first-order valence-corrected chi connectivity index (χ1v) is 5.65. The normalized spacial score (nSPS) is 11.2. The third-order valence-electron chi connectivity index (χ3n) is 2.74. The van der Waals surface area contributed by atoms with Crippen LogP contribution >= 0.6 is 0 Å². The van der Waals surface area contributed by atoms with Gasteiger partial charge in [-0.05, 0) is 18.1 Å². The van der Waals surface area contributed by atoms with Crippen molar-refractivity contribution in [1.29, 1.82) is 10.5 Å². The number of terminal acetylenes is 1. The zero-order valence-corrected chi connectivity index (χ0v) is 10.4. The maximum absolute atomic E-state index is 12.2. The lowest BCUT2D eigenvalue weighted by molar-refractivity contribution is -0.138. The van der Waals surface area contributed by atoms with Crippen molar-refractivity contribution in [3.8, 4) is 24.5 Å². The third kappa shape index (κ3) is 4.30. The molecule has 0 saturated heterocycles. The summed E-state index contributed by atoms with van der Waals surface area (Å²) < 4.78 is 36.7. The van der Waals surface area contributed by atoms with Crippen LogP contribution in [0.4, 0.5) is 13.2 Å². The van der Waals surface area contributed by atoms with Gasteiger partial charge in [-0.25, -0.2) is 4.98 Å². The molecule has 0 fully saturated rings. The van der Waals surface area contributed by atoms with Gasteiger partial charge in [0.05, 0.1) is 12.1 Å². The van der Waals surface area contributed by atoms with E-state index >= 15 is 0 Å². The van der Waals surface area contributed by atoms with Gasteiger partial charge in [0.25, 0.3) is 0 Å². The Morgan fingerprint density at radius 1 is 1.15 bits per heavy atom. The van der Waals surface area contributed by atoms with Crippen LogP contribution in [0.1, 0.15) is 24.1 Å². The van der Waals surface area contributed by atoms with E-state index in [0.717, 1.165) is 0 Å². The van der Waals surface area contributed by atoms with Crippen molar-refractivity contribution < 1.29 is 13.2 Å². The Morgan fingerprint density at radius 2 is 1.80 bits per heavy atom. The molecule has 1 aromatic heterocycles. The fourth-order valence-electron chi connectivity index (χ4n) is 1.62. The van der Waals surface area contributed by atoms with E-state index in [1.54, 1.807) is 18.2 Å². The van der Waals surface area contributed by atoms with Gasteiger partial charge < -0.3 is 0 Å². The number of hydrogen-bond donors (Lipinski definition) is 0. The second kappa shape index (κ2) is 6.08. The minimum Gasteiger partial charge on any atom is -0.248 e. The van der Waals surface area contributed by atoms with E-state index in [9.17, 15) is 13.2 Å². The molecule has 0 spiro atoms. The molecular formula is C14H10F3N3. The lowest BCUT2D eigenvalue weighted by Crippen LogP contribution is -2.23. The number of nitrogens with zero attached hydrogens (tertiary/aromatic N) is 3. The van der Waals surface area contributed by atoms with E-state index in [2.05, 4.69) is 10.9 Å². The second-order valence-corrected chi connectivity index (χ2v) is 4.29. The van der Waals surface area contributed by atoms with E-state index in [1.165, 1.54) is 12.3 Å². The standard InChI is InChI=1S/C14H10F3N3/c1-2-12-4-3-11(8-20-12)7-13(9-18,10-19)5-6-14(15,16)17/h1,3-4,8H,5-7H2. The monoisotopic (exact) mass is 277 g/mol. The lowest BCUT2D eigenvalue weighted by atomic mass is 9.80. The zero-order valence-electron chi connectivity index (χ0n) is 10.4. The molecule has 0 bridgehead atoms. The fraction of sp³-hybridized carbons (Fsp3) is 0.357. The van der Waals surface area contributed by atoms with Crippen molar-refractivity contribution in [2.75, 3.05) is 0 Å². The maximum atomic E-state index is 12.2. The van der Waals surface area contributed by atoms with Crippen LogP contribution in [0.15, 0.2) is 18.3 Å². The van der Waals surface area contributed by atoms with Gasteiger partial charge in [0, 0.05) is 19.0 Å². The van der Waals surface area contributed by atoms with Crippen molar-refractivity contribution >= 4 is 0 Å². The molecule has 0 aliphatic carbocycles. The molecule has 1 rings (SSSR count). The van der Waals surface area contributed by atoms with Crippen LogP contribution in [-0.2, 0) is 6.42 Å². The number of pyridine rings is 1. The van der Waals surface area contributed by atoms with Crippen LogP contribution in [0.3, 0.4) is 0 Å². The van der Waals surface area contributed by atoms with Crippen molar-refractivity contribution in [3.63, 3.8) is 0 Å². The minimum atomic E-state index is -4.40. The molecule has 1 heterocycles. The predicted octanol–water partition coefficient (Wildman–Crippen LogP) is 2.98. The fourth-order valence-corrected chi connectivity index (χ4v) is 1.62. The van der Waals surface area contributed by atoms with Gasteiger partial charge >= 0.3 is 6.18 Å². The SMILES string of the molecule is C#Cc1ccc(CC(C#N)(C#N)CCC(F)(F)F)cn1. The van der Waals surface area contributed by atoms with Gasteiger partial charge in [0.2, 0.25) is 0 Å². The van der Waals surface area contributed by atoms with E-state index in [4.69, 9.17) is 16.9 Å². The van der Waals surface area contributed by atoms with Crippen LogP contribution < -0.4 is 0 Å². The van der Waals surface area contributed by atoms with Crippen LogP contribution in [0.2, 0.25) is 0 Å². The Kier molecular flexibility index (Phi) is 4.73. The van der Waals surface area contributed by atoms with E-state index in [0.29, 0.717) is 11.3 Å². The summed E-state index contributed by atoms with van der Waals surface area (Å²) in [5, 5.41) is 18.1. The average molecular weight is 277 g/mol. The molecule has 102 valence electrons. The third-order valence-corrected chi connectivity index (χ3v) is 2.74. The molecule has 3 nitrogen and oxygen atoms in total. The Morgan fingerprint density at radius 3 is 2.20 bits per heavy atom. The largest absolute Gasteiger partial charge is 0.389 e. The highest BCUT2D eigenvalue weighted by molar-refractivity contribution is 5.29. The molecule has 0 saturated carbocycles. The molecule has 0 aliphatic heterocycles. The van der Waals surface area contributed by atoms with E-state index in [-0.39, 0.29) is 6.42 Å². The van der Waals surface area contributed by atoms with Crippen LogP contribution in [0, 0.1) is 40.4 Å². The summed E-state index contributed by atoms with van der Waals surface area (Å²) in [4.78, 5) is 3.88. The molecule has 0 aliphatic rings. The van der Waals surface area contributed by atoms with Crippen molar-refractivity contribution in [2.45, 2.75) is 25.4 Å². The Balaban J connectivity index is 2.89. The van der Waals surface area contributed by atoms with Crippen LogP contribution in [0.5, 0.6) is 0 Å². The first-order chi connectivity index (χ1) is 9.34. The Bertz CT molecular complexity index is 569. The topological polar surface area (TPSA) is 60.5 Å². The van der Waals surface area contributed by atoms with Crippen molar-refractivity contribution in [2.24, 2.45) is 5.41 Å². The molecule has 0 amide bonds. The van der Waals surface area contributed by atoms with Gasteiger partial charge in [0.1, 0.15) is 11.1 Å². The minimum absolute atomic E-state index is 0.117. The summed E-state index contributed by atoms with van der Waals surface area (Å²) in [5.41, 5.74) is -0.840. The van der Waals surface area contributed by atoms with Gasteiger partial charge in [-0.15, -0.1) is 6.42 Å². The maximum Gasteiger partial charge on any atom is 0.389 e. The number of alkyl halides is 3. The zero-order chi connectivity index (χ0) is 15.2. The second-order valence-electron chi connectivity index (χ2n) is 4.29. The number of rotatable bonds is 4. The molecule has 0 radical (unpaired) electrons. The summed E-state index contributed by atoms with van der Waals surface area (Å²) in [7, 11) is 0. The van der Waals surface area contributed by atoms with E-state index in [1.807, 2.05) is 0 Å². The number of aromatic nitrogens is 1. The Hall–Kier alpha value is -2.52. The molecule has 6 heteroatoms. The van der Waals surface area contributed by atoms with Crippen LogP contribution in [-0.4, -0.2) is 11.2 Å². The summed E-state index contributed by atoms with van der Waals surface area (Å²) in [6, 6.07) is 6.44. The molecule has 0 atom stereocenters. The summed E-state index contributed by atoms with van der Waals surface area (Å²) >= 11 is 0. The highest BCUT2D eigenvalue weighted by Gasteiger charge is 2.37. The average Bonchev–Trinajstić information content (AvgIpc) is 2.43. The highest BCUT2D eigenvalue weighted by Crippen LogP contribution is 2.32.